The first kappa shape index (κ1) is 103. The summed E-state index contributed by atoms with van der Waals surface area (Å²) in [5, 5.41) is 5.89. The Morgan fingerprint density at radius 1 is 0.220 bits per heavy atom. The van der Waals surface area contributed by atoms with E-state index in [1.807, 2.05) is 291 Å². The average molecular weight is 3060 g/mol. The number of nitrogens with zero attached hydrogens (tertiary/aromatic N) is 30. The Balaban J connectivity index is 0.000000112. The molecule has 0 unspecified atom stereocenters. The van der Waals surface area contributed by atoms with Gasteiger partial charge in [0.1, 0.15) is 51.0 Å². The Kier molecular flexibility index (Phi) is 28.8. The minimum Gasteiger partial charge on any atom is -0.654 e. The number of imidazole rings is 12. The summed E-state index contributed by atoms with van der Waals surface area (Å²) < 4.78 is 57.8. The number of hydrogen-bond donors (Lipinski definition) is 0. The van der Waals surface area contributed by atoms with Gasteiger partial charge in [-0.25, -0.2) is 29.9 Å². The molecule has 0 N–H and O–H groups in total. The van der Waals surface area contributed by atoms with Crippen LogP contribution in [0.3, 0.4) is 0 Å². The van der Waals surface area contributed by atoms with E-state index >= 15 is 0 Å². The molecule has 756 valence electrons. The Labute approximate surface area is 937 Å². The van der Waals surface area contributed by atoms with Gasteiger partial charge in [0, 0.05) is 183 Å². The van der Waals surface area contributed by atoms with Gasteiger partial charge in [0.2, 0.25) is 0 Å². The van der Waals surface area contributed by atoms with E-state index in [-0.39, 0.29) is 126 Å². The second-order valence-corrected chi connectivity index (χ2v) is 35.1. The summed E-state index contributed by atoms with van der Waals surface area (Å²) in [6.45, 7) is 0. The zero-order valence-corrected chi connectivity index (χ0v) is 94.6. The number of benzene rings is 6. The molecule has 30 rings (SSSR count). The fourth-order valence-electron chi connectivity index (χ4n) is 18.6. The second-order valence-electron chi connectivity index (χ2n) is 35.1. The van der Waals surface area contributed by atoms with Gasteiger partial charge in [-0.3, -0.25) is 0 Å². The van der Waals surface area contributed by atoms with Crippen LogP contribution in [0.15, 0.2) is 285 Å². The Morgan fingerprint density at radius 3 is 0.607 bits per heavy atom. The third-order valence-corrected chi connectivity index (χ3v) is 25.5. The fraction of sp³-hybridized carbons (Fsp3) is 0.111. The van der Waals surface area contributed by atoms with Crippen molar-refractivity contribution in [2.24, 2.45) is 84.6 Å². The number of aromatic nitrogens is 30. The number of rotatable bonds is 12. The number of fused-ring (bicyclic) bond motifs is 18. The molecule has 6 aromatic carbocycles. The first-order valence-corrected chi connectivity index (χ1v) is 45.4. The molecule has 42 heteroatoms. The van der Waals surface area contributed by atoms with Crippen molar-refractivity contribution in [2.45, 2.75) is 0 Å². The van der Waals surface area contributed by atoms with E-state index in [9.17, 15) is 0 Å². The molecule has 0 radical (unpaired) electrons. The van der Waals surface area contributed by atoms with Crippen molar-refractivity contribution in [2.75, 3.05) is 0 Å². The monoisotopic (exact) mass is 3060 g/mol. The predicted molar refractivity (Wildman–Crippen MR) is 542 cm³/mol. The number of furan rings is 6. The summed E-state index contributed by atoms with van der Waals surface area (Å²) in [5.74, 6) is 5.15. The molecule has 0 amide bonds. The normalized spacial score (nSPS) is 11.3. The van der Waals surface area contributed by atoms with Crippen LogP contribution in [0.5, 0.6) is 0 Å². The van der Waals surface area contributed by atoms with Crippen molar-refractivity contribution in [3.63, 3.8) is 0 Å². The van der Waals surface area contributed by atoms with E-state index in [0.29, 0.717) is 0 Å². The number of hydrogen-bond acceptors (Lipinski definition) is 18. The largest absolute Gasteiger partial charge is 2.00 e. The third-order valence-electron chi connectivity index (χ3n) is 25.5. The van der Waals surface area contributed by atoms with Crippen LogP contribution in [0.25, 0.3) is 268 Å². The van der Waals surface area contributed by atoms with Gasteiger partial charge in [0.15, 0.2) is 0 Å². The summed E-state index contributed by atoms with van der Waals surface area (Å²) >= 11 is 0. The van der Waals surface area contributed by atoms with Crippen molar-refractivity contribution < 1.29 is 153 Å². The van der Waals surface area contributed by atoms with Crippen LogP contribution < -0.4 is 29.9 Å². The summed E-state index contributed by atoms with van der Waals surface area (Å²) in [7, 11) is 23.3. The minimum absolute atomic E-state index is 0. The molecule has 0 bridgehead atoms. The maximum atomic E-state index is 5.82. The number of aryl methyl sites for hydroxylation is 12. The summed E-state index contributed by atoms with van der Waals surface area (Å²) in [5.41, 5.74) is 31.1. The van der Waals surface area contributed by atoms with Crippen molar-refractivity contribution in [3.8, 4) is 136 Å². The molecular formula is C108H78N30O6Pt6. The molecule has 0 aliphatic heterocycles. The van der Waals surface area contributed by atoms with E-state index in [0.717, 1.165) is 268 Å². The Hall–Kier alpha value is -15.6. The van der Waals surface area contributed by atoms with Gasteiger partial charge in [-0.15, -0.1) is 70.3 Å². The zero-order valence-electron chi connectivity index (χ0n) is 81.0. The third kappa shape index (κ3) is 18.0. The van der Waals surface area contributed by atoms with Crippen LogP contribution in [0, 0.1) is 37.6 Å². The smallest absolute Gasteiger partial charge is 0.654 e. The number of para-hydroxylation sites is 6. The van der Waals surface area contributed by atoms with E-state index in [1.54, 1.807) is 107 Å². The van der Waals surface area contributed by atoms with Crippen molar-refractivity contribution >= 4 is 132 Å². The molecule has 0 atom stereocenters. The molecular weight excluding hydrogens is 2980 g/mol. The predicted octanol–water partition coefficient (Wildman–Crippen LogP) is 18.9. The maximum Gasteiger partial charge on any atom is 2.00 e. The molecule has 0 saturated carbocycles. The van der Waals surface area contributed by atoms with E-state index in [2.05, 4.69) is 97.4 Å². The Morgan fingerprint density at radius 2 is 0.433 bits per heavy atom. The van der Waals surface area contributed by atoms with Crippen molar-refractivity contribution in [1.82, 2.24) is 145 Å². The van der Waals surface area contributed by atoms with Crippen LogP contribution in [-0.4, -0.2) is 115 Å². The first-order chi connectivity index (χ1) is 70.3. The zero-order chi connectivity index (χ0) is 97.6. The second kappa shape index (κ2) is 41.9. The summed E-state index contributed by atoms with van der Waals surface area (Å²) in [6, 6.07) is 36.3. The first-order valence-electron chi connectivity index (χ1n) is 45.4. The minimum atomic E-state index is 0. The standard InChI is InChI=1S/6C18H13N5O.6Pt/c6*1-22-8-14(20-10-22)13-9-24-17-11-4-3-5-12(15(11)21-16(13)17)18-19-6-7-23(18)2;;;;;;/h3*3-5,7-10H,1-2H3;3*3-9H,1-2H3;;;;;;/q6*-2;6*+2. The maximum absolute atomic E-state index is 5.82. The fourth-order valence-corrected chi connectivity index (χ4v) is 18.6. The molecule has 0 aliphatic carbocycles. The molecule has 0 fully saturated rings. The van der Waals surface area contributed by atoms with Gasteiger partial charge < -0.3 is 141 Å². The molecule has 150 heavy (non-hydrogen) atoms. The Bertz CT molecular complexity index is 8620. The van der Waals surface area contributed by atoms with Crippen molar-refractivity contribution in [1.29, 1.82) is 0 Å². The van der Waals surface area contributed by atoms with E-state index in [4.69, 9.17) is 56.4 Å². The van der Waals surface area contributed by atoms with Gasteiger partial charge >= 0.3 is 126 Å². The van der Waals surface area contributed by atoms with Gasteiger partial charge in [-0.05, 0) is 76.4 Å². The summed E-state index contributed by atoms with van der Waals surface area (Å²) in [6.07, 6.45) is 61.0. The quantitative estimate of drug-likeness (QED) is 0.103. The van der Waals surface area contributed by atoms with Crippen LogP contribution in [0.1, 0.15) is 0 Å². The van der Waals surface area contributed by atoms with Crippen LogP contribution in [-0.2, 0) is 211 Å². The van der Waals surface area contributed by atoms with E-state index < -0.39 is 0 Å². The average Bonchev–Trinajstić information content (AvgIpc) is 1.61. The molecule has 0 aliphatic rings. The topological polar surface area (TPSA) is 377 Å². The molecule has 0 saturated heterocycles. The SMILES string of the molecule is Cn1[c-]nc(-c2coc3c2[n-]c2c(-c4nccn4C)cccc23)c1.Cn1[c-]nc(-c2coc3c2[n-]c2c(-c4nccn4C)cccc23)c1.Cn1[c-]nc(-c2coc3c2[n-]c2c(-c4nccn4C)cccc23)c1.Cn1cnc(-c2coc3c2[n-]c2c(-c4n[c-]cn4C)cccc23)c1.Cn1cnc(-c2coc3c2[n-]c2c(-c4n[c-]cn4C)cccc23)c1.Cn1cnc(-c2coc3c2[n-]c2c(-c4n[c-]cn4C)cccc23)c1.[Pt+2].[Pt+2].[Pt+2].[Pt+2].[Pt+2].[Pt+2]. The van der Waals surface area contributed by atoms with Crippen LogP contribution in [0.2, 0.25) is 0 Å². The van der Waals surface area contributed by atoms with Crippen molar-refractivity contribution in [3.05, 3.63) is 296 Å². The molecule has 30 aromatic rings. The molecule has 24 heterocycles. The van der Waals surface area contributed by atoms with Gasteiger partial charge in [0.25, 0.3) is 0 Å². The van der Waals surface area contributed by atoms with Crippen LogP contribution >= 0.6 is 0 Å². The van der Waals surface area contributed by atoms with Crippen LogP contribution in [0.4, 0.5) is 0 Å². The van der Waals surface area contributed by atoms with Gasteiger partial charge in [-0.1, -0.05) is 195 Å². The molecule has 24 aromatic heterocycles. The molecule has 0 spiro atoms. The summed E-state index contributed by atoms with van der Waals surface area (Å²) in [4.78, 5) is 81.5. The van der Waals surface area contributed by atoms with Gasteiger partial charge in [-0.2, -0.15) is 0 Å². The van der Waals surface area contributed by atoms with Gasteiger partial charge in [0.05, 0.1) is 73.6 Å². The molecule has 36 nitrogen and oxygen atoms in total. The van der Waals surface area contributed by atoms with E-state index in [1.165, 1.54) is 0 Å².